The fraction of sp³-hybridized carbons (Fsp3) is 0.917. The minimum absolute atomic E-state index is 0.217. The summed E-state index contributed by atoms with van der Waals surface area (Å²) in [4.78, 5) is 12.0. The Labute approximate surface area is 108 Å². The highest BCUT2D eigenvalue weighted by atomic mass is 32.2. The number of hydrogen-bond acceptors (Lipinski definition) is 5. The minimum Gasteiger partial charge on any atom is -0.466 e. The van der Waals surface area contributed by atoms with Crippen molar-refractivity contribution in [2.45, 2.75) is 38.7 Å². The molecule has 0 aromatic heterocycles. The van der Waals surface area contributed by atoms with Gasteiger partial charge in [0.15, 0.2) is 0 Å². The van der Waals surface area contributed by atoms with Crippen LogP contribution in [-0.4, -0.2) is 33.4 Å². The molecule has 0 radical (unpaired) electrons. The first-order valence-electron chi connectivity index (χ1n) is 6.45. The summed E-state index contributed by atoms with van der Waals surface area (Å²) in [7, 11) is -3.53. The third-order valence-electron chi connectivity index (χ3n) is 3.91. The molecule has 0 aromatic carbocycles. The largest absolute Gasteiger partial charge is 0.466 e. The summed E-state index contributed by atoms with van der Waals surface area (Å²) in [6.07, 6.45) is 4.17. The van der Waals surface area contributed by atoms with Crippen LogP contribution in [0, 0.1) is 17.8 Å². The Balaban J connectivity index is 2.16. The van der Waals surface area contributed by atoms with E-state index in [9.17, 15) is 13.2 Å². The molecule has 0 amide bonds. The molecule has 2 aliphatic carbocycles. The molecule has 18 heavy (non-hydrogen) atoms. The van der Waals surface area contributed by atoms with E-state index in [2.05, 4.69) is 0 Å². The van der Waals surface area contributed by atoms with Crippen LogP contribution in [0.25, 0.3) is 0 Å². The average molecular weight is 276 g/mol. The molecule has 5 nitrogen and oxygen atoms in total. The minimum atomic E-state index is -3.53. The maximum atomic E-state index is 12.0. The van der Waals surface area contributed by atoms with Gasteiger partial charge in [-0.05, 0) is 38.0 Å². The number of ether oxygens (including phenoxy) is 1. The number of fused-ring (bicyclic) bond motifs is 2. The van der Waals surface area contributed by atoms with Crippen molar-refractivity contribution >= 4 is 16.1 Å². The molecule has 2 bridgehead atoms. The van der Waals surface area contributed by atoms with Crippen LogP contribution in [0.15, 0.2) is 0 Å². The molecule has 4 unspecified atom stereocenters. The van der Waals surface area contributed by atoms with Gasteiger partial charge in [0.1, 0.15) is 0 Å². The maximum absolute atomic E-state index is 12.0. The van der Waals surface area contributed by atoms with Crippen LogP contribution in [0.2, 0.25) is 0 Å². The first-order valence-corrected chi connectivity index (χ1v) is 8.27. The Morgan fingerprint density at radius 1 is 1.28 bits per heavy atom. The Morgan fingerprint density at radius 2 is 2.00 bits per heavy atom. The molecule has 2 saturated carbocycles. The standard InChI is InChI=1S/C12H20O5S/c1-3-16-12(13)11-9-5-4-8(6-9)7-10(11)17-18(2,14)15/h8-11H,3-7H2,1-2H3. The third-order valence-corrected chi connectivity index (χ3v) is 4.51. The van der Waals surface area contributed by atoms with E-state index in [4.69, 9.17) is 8.92 Å². The summed E-state index contributed by atoms with van der Waals surface area (Å²) in [5.74, 6) is -0.0168. The van der Waals surface area contributed by atoms with Crippen molar-refractivity contribution in [3.63, 3.8) is 0 Å². The Hall–Kier alpha value is -0.620. The fourth-order valence-electron chi connectivity index (χ4n) is 3.34. The number of carbonyl (C=O) groups is 1. The number of esters is 1. The number of hydrogen-bond donors (Lipinski definition) is 0. The van der Waals surface area contributed by atoms with E-state index in [0.29, 0.717) is 18.9 Å². The number of rotatable bonds is 4. The molecule has 6 heteroatoms. The van der Waals surface area contributed by atoms with E-state index in [-0.39, 0.29) is 11.9 Å². The van der Waals surface area contributed by atoms with Crippen LogP contribution >= 0.6 is 0 Å². The highest BCUT2D eigenvalue weighted by Gasteiger charge is 2.47. The second-order valence-corrected chi connectivity index (χ2v) is 6.89. The molecule has 104 valence electrons. The SMILES string of the molecule is CCOC(=O)C1C2CCC(C2)CC1OS(C)(=O)=O. The summed E-state index contributed by atoms with van der Waals surface area (Å²) in [5.41, 5.74) is 0. The van der Waals surface area contributed by atoms with E-state index in [0.717, 1.165) is 25.5 Å². The highest BCUT2D eigenvalue weighted by Crippen LogP contribution is 2.47. The molecule has 0 heterocycles. The average Bonchev–Trinajstić information content (AvgIpc) is 2.58. The van der Waals surface area contributed by atoms with Gasteiger partial charge in [-0.2, -0.15) is 8.42 Å². The van der Waals surface area contributed by atoms with Gasteiger partial charge in [-0.15, -0.1) is 0 Å². The molecule has 0 aromatic rings. The molecular weight excluding hydrogens is 256 g/mol. The van der Waals surface area contributed by atoms with Crippen LogP contribution < -0.4 is 0 Å². The lowest BCUT2D eigenvalue weighted by molar-refractivity contribution is -0.155. The zero-order valence-corrected chi connectivity index (χ0v) is 11.6. The highest BCUT2D eigenvalue weighted by molar-refractivity contribution is 7.86. The van der Waals surface area contributed by atoms with Crippen molar-refractivity contribution in [1.29, 1.82) is 0 Å². The predicted molar refractivity (Wildman–Crippen MR) is 65.3 cm³/mol. The van der Waals surface area contributed by atoms with Crippen molar-refractivity contribution < 1.29 is 22.1 Å². The van der Waals surface area contributed by atoms with E-state index in [1.54, 1.807) is 6.92 Å². The molecular formula is C12H20O5S. The van der Waals surface area contributed by atoms with E-state index in [1.807, 2.05) is 0 Å². The van der Waals surface area contributed by atoms with Gasteiger partial charge in [0.05, 0.1) is 24.9 Å². The molecule has 4 atom stereocenters. The summed E-state index contributed by atoms with van der Waals surface area (Å²) in [6, 6.07) is 0. The molecule has 2 rings (SSSR count). The first-order chi connectivity index (χ1) is 8.40. The first kappa shape index (κ1) is 13.8. The van der Waals surface area contributed by atoms with E-state index < -0.39 is 22.1 Å². The van der Waals surface area contributed by atoms with Gasteiger partial charge in [0, 0.05) is 0 Å². The van der Waals surface area contributed by atoms with Crippen LogP contribution in [0.3, 0.4) is 0 Å². The zero-order chi connectivity index (χ0) is 13.3. The normalized spacial score (nSPS) is 35.4. The quantitative estimate of drug-likeness (QED) is 0.572. The third kappa shape index (κ3) is 3.03. The van der Waals surface area contributed by atoms with Crippen molar-refractivity contribution in [2.24, 2.45) is 17.8 Å². The van der Waals surface area contributed by atoms with Gasteiger partial charge in [-0.25, -0.2) is 0 Å². The molecule has 2 aliphatic rings. The zero-order valence-electron chi connectivity index (χ0n) is 10.8. The lowest BCUT2D eigenvalue weighted by atomic mass is 9.78. The predicted octanol–water partition coefficient (Wildman–Crippen LogP) is 1.33. The van der Waals surface area contributed by atoms with Gasteiger partial charge >= 0.3 is 5.97 Å². The fourth-order valence-corrected chi connectivity index (χ4v) is 3.99. The lowest BCUT2D eigenvalue weighted by Gasteiger charge is -2.33. The summed E-state index contributed by atoms with van der Waals surface area (Å²) in [5, 5.41) is 0. The van der Waals surface area contributed by atoms with Gasteiger partial charge in [0.2, 0.25) is 0 Å². The maximum Gasteiger partial charge on any atom is 0.311 e. The summed E-state index contributed by atoms with van der Waals surface area (Å²) >= 11 is 0. The van der Waals surface area contributed by atoms with Crippen molar-refractivity contribution in [2.75, 3.05) is 12.9 Å². The second-order valence-electron chi connectivity index (χ2n) is 5.29. The second kappa shape index (κ2) is 5.17. The Kier molecular flexibility index (Phi) is 3.96. The monoisotopic (exact) mass is 276 g/mol. The summed E-state index contributed by atoms with van der Waals surface area (Å²) < 4.78 is 32.7. The van der Waals surface area contributed by atoms with Crippen LogP contribution in [0.4, 0.5) is 0 Å². The Bertz CT molecular complexity index is 416. The van der Waals surface area contributed by atoms with Crippen LogP contribution in [0.5, 0.6) is 0 Å². The van der Waals surface area contributed by atoms with Gasteiger partial charge < -0.3 is 4.74 Å². The van der Waals surface area contributed by atoms with Crippen molar-refractivity contribution in [3.8, 4) is 0 Å². The van der Waals surface area contributed by atoms with Crippen molar-refractivity contribution in [3.05, 3.63) is 0 Å². The van der Waals surface area contributed by atoms with Crippen LogP contribution in [-0.2, 0) is 23.8 Å². The van der Waals surface area contributed by atoms with Gasteiger partial charge in [-0.1, -0.05) is 6.42 Å². The molecule has 0 N–H and O–H groups in total. The van der Waals surface area contributed by atoms with Gasteiger partial charge in [-0.3, -0.25) is 8.98 Å². The summed E-state index contributed by atoms with van der Waals surface area (Å²) in [6.45, 7) is 2.07. The number of carbonyl (C=O) groups excluding carboxylic acids is 1. The topological polar surface area (TPSA) is 69.7 Å². The lowest BCUT2D eigenvalue weighted by Crippen LogP contribution is -2.41. The van der Waals surface area contributed by atoms with E-state index >= 15 is 0 Å². The van der Waals surface area contributed by atoms with Crippen molar-refractivity contribution in [1.82, 2.24) is 0 Å². The molecule has 2 fully saturated rings. The molecule has 0 aliphatic heterocycles. The Morgan fingerprint density at radius 3 is 2.61 bits per heavy atom. The van der Waals surface area contributed by atoms with E-state index in [1.165, 1.54) is 0 Å². The molecule has 0 saturated heterocycles. The van der Waals surface area contributed by atoms with Crippen LogP contribution in [0.1, 0.15) is 32.6 Å². The molecule has 0 spiro atoms. The smallest absolute Gasteiger partial charge is 0.311 e. The van der Waals surface area contributed by atoms with Gasteiger partial charge in [0.25, 0.3) is 10.1 Å².